The normalized spacial score (nSPS) is 18.5. The number of nitrogens with zero attached hydrogens (tertiary/aromatic N) is 2. The Hall–Kier alpha value is -1.23. The summed E-state index contributed by atoms with van der Waals surface area (Å²) in [7, 11) is 0. The molecule has 0 aromatic carbocycles. The molecule has 1 aliphatic rings. The van der Waals surface area contributed by atoms with Gasteiger partial charge in [0, 0.05) is 17.6 Å². The van der Waals surface area contributed by atoms with Gasteiger partial charge in [0.25, 0.3) is 0 Å². The lowest BCUT2D eigenvalue weighted by Gasteiger charge is -2.33. The molecule has 1 aliphatic heterocycles. The van der Waals surface area contributed by atoms with Gasteiger partial charge in [-0.2, -0.15) is 0 Å². The summed E-state index contributed by atoms with van der Waals surface area (Å²) in [6.45, 7) is 5.17. The molecular weight excluding hydrogens is 292 g/mol. The van der Waals surface area contributed by atoms with E-state index in [1.54, 1.807) is 11.3 Å². The van der Waals surface area contributed by atoms with E-state index in [0.717, 1.165) is 49.5 Å². The molecule has 118 valence electrons. The number of pyridine rings is 1. The van der Waals surface area contributed by atoms with Gasteiger partial charge in [0.15, 0.2) is 0 Å². The van der Waals surface area contributed by atoms with Crippen molar-refractivity contribution < 1.29 is 5.11 Å². The number of thiophene rings is 1. The molecule has 22 heavy (non-hydrogen) atoms. The van der Waals surface area contributed by atoms with E-state index in [1.807, 2.05) is 23.7 Å². The second kappa shape index (κ2) is 7.36. The van der Waals surface area contributed by atoms with Gasteiger partial charge in [0.1, 0.15) is 0 Å². The van der Waals surface area contributed by atoms with Crippen molar-refractivity contribution in [2.24, 2.45) is 5.92 Å². The minimum atomic E-state index is -0.288. The van der Waals surface area contributed by atoms with Crippen LogP contribution >= 0.6 is 11.3 Å². The molecule has 4 heteroatoms. The molecule has 3 rings (SSSR count). The summed E-state index contributed by atoms with van der Waals surface area (Å²) < 4.78 is 0. The fourth-order valence-electron chi connectivity index (χ4n) is 3.11. The van der Waals surface area contributed by atoms with Crippen molar-refractivity contribution in [1.29, 1.82) is 0 Å². The molecule has 0 spiro atoms. The molecule has 0 amide bonds. The van der Waals surface area contributed by atoms with Crippen LogP contribution in [0.2, 0.25) is 0 Å². The van der Waals surface area contributed by atoms with Crippen molar-refractivity contribution in [3.63, 3.8) is 0 Å². The molecule has 0 saturated carbocycles. The van der Waals surface area contributed by atoms with Gasteiger partial charge < -0.3 is 5.11 Å². The number of aliphatic hydroxyl groups excluding tert-OH is 1. The van der Waals surface area contributed by atoms with Crippen LogP contribution in [-0.2, 0) is 13.0 Å². The lowest BCUT2D eigenvalue weighted by Crippen LogP contribution is -2.35. The van der Waals surface area contributed by atoms with Crippen LogP contribution in [0.5, 0.6) is 0 Å². The first-order chi connectivity index (χ1) is 10.8. The quantitative estimate of drug-likeness (QED) is 0.914. The minimum Gasteiger partial charge on any atom is -0.387 e. The summed E-state index contributed by atoms with van der Waals surface area (Å²) in [4.78, 5) is 8.11. The van der Waals surface area contributed by atoms with Gasteiger partial charge in [0.2, 0.25) is 0 Å². The minimum absolute atomic E-state index is 0.288. The third-order valence-electron chi connectivity index (χ3n) is 4.59. The van der Waals surface area contributed by atoms with Crippen LogP contribution in [0.3, 0.4) is 0 Å². The van der Waals surface area contributed by atoms with E-state index < -0.39 is 0 Å². The van der Waals surface area contributed by atoms with E-state index in [4.69, 9.17) is 0 Å². The summed E-state index contributed by atoms with van der Waals surface area (Å²) in [5, 5.41) is 12.5. The lowest BCUT2D eigenvalue weighted by atomic mass is 9.90. The van der Waals surface area contributed by atoms with Crippen molar-refractivity contribution >= 4 is 11.3 Å². The Kier molecular flexibility index (Phi) is 5.24. The maximum Gasteiger partial charge on any atom is 0.0910 e. The SMILES string of the molecule is CCc1ccc(CN2CCC(C(O)c3cccs3)CC2)nc1. The zero-order valence-corrected chi connectivity index (χ0v) is 13.9. The topological polar surface area (TPSA) is 36.4 Å². The van der Waals surface area contributed by atoms with Gasteiger partial charge in [-0.25, -0.2) is 0 Å². The molecule has 0 radical (unpaired) electrons. The highest BCUT2D eigenvalue weighted by Crippen LogP contribution is 2.33. The van der Waals surface area contributed by atoms with Crippen molar-refractivity contribution in [2.45, 2.75) is 38.8 Å². The van der Waals surface area contributed by atoms with Crippen LogP contribution in [0.15, 0.2) is 35.8 Å². The van der Waals surface area contributed by atoms with E-state index in [2.05, 4.69) is 28.9 Å². The van der Waals surface area contributed by atoms with Gasteiger partial charge >= 0.3 is 0 Å². The molecule has 2 aromatic heterocycles. The van der Waals surface area contributed by atoms with Crippen molar-refractivity contribution in [3.8, 4) is 0 Å². The zero-order valence-electron chi connectivity index (χ0n) is 13.1. The number of aryl methyl sites for hydroxylation is 1. The van der Waals surface area contributed by atoms with Crippen molar-refractivity contribution in [1.82, 2.24) is 9.88 Å². The summed E-state index contributed by atoms with van der Waals surface area (Å²) in [6.07, 6.45) is 4.87. The molecule has 1 fully saturated rings. The zero-order chi connectivity index (χ0) is 15.4. The molecular formula is C18H24N2OS. The monoisotopic (exact) mass is 316 g/mol. The second-order valence-electron chi connectivity index (χ2n) is 6.09. The molecule has 3 nitrogen and oxygen atoms in total. The molecule has 1 saturated heterocycles. The molecule has 1 atom stereocenters. The highest BCUT2D eigenvalue weighted by Gasteiger charge is 2.26. The standard InChI is InChI=1S/C18H24N2OS/c1-2-14-5-6-16(19-12-14)13-20-9-7-15(8-10-20)18(21)17-4-3-11-22-17/h3-6,11-12,15,18,21H,2,7-10,13H2,1H3. The summed E-state index contributed by atoms with van der Waals surface area (Å²) in [5.74, 6) is 0.394. The number of hydrogen-bond acceptors (Lipinski definition) is 4. The van der Waals surface area contributed by atoms with Gasteiger partial charge in [-0.1, -0.05) is 19.1 Å². The molecule has 0 aliphatic carbocycles. The average Bonchev–Trinajstić information content (AvgIpc) is 3.10. The smallest absolute Gasteiger partial charge is 0.0910 e. The third kappa shape index (κ3) is 3.75. The van der Waals surface area contributed by atoms with E-state index in [-0.39, 0.29) is 6.10 Å². The van der Waals surface area contributed by atoms with Crippen LogP contribution in [0.25, 0.3) is 0 Å². The Balaban J connectivity index is 1.51. The molecule has 0 bridgehead atoms. The van der Waals surface area contributed by atoms with Gasteiger partial charge in [-0.05, 0) is 61.3 Å². The Morgan fingerprint density at radius 1 is 1.32 bits per heavy atom. The number of piperidine rings is 1. The summed E-state index contributed by atoms with van der Waals surface area (Å²) in [5.41, 5.74) is 2.44. The number of aliphatic hydroxyl groups is 1. The van der Waals surface area contributed by atoms with E-state index in [9.17, 15) is 5.11 Å². The molecule has 2 aromatic rings. The van der Waals surface area contributed by atoms with Crippen LogP contribution in [0.1, 0.15) is 42.0 Å². The fourth-order valence-corrected chi connectivity index (χ4v) is 3.91. The summed E-state index contributed by atoms with van der Waals surface area (Å²) >= 11 is 1.66. The Labute approximate surface area is 136 Å². The maximum absolute atomic E-state index is 10.4. The fraction of sp³-hybridized carbons (Fsp3) is 0.500. The van der Waals surface area contributed by atoms with Crippen molar-refractivity contribution in [3.05, 3.63) is 52.0 Å². The van der Waals surface area contributed by atoms with Crippen LogP contribution in [0, 0.1) is 5.92 Å². The number of likely N-dealkylation sites (tertiary alicyclic amines) is 1. The van der Waals surface area contributed by atoms with Crippen LogP contribution in [0.4, 0.5) is 0 Å². The highest BCUT2D eigenvalue weighted by molar-refractivity contribution is 7.10. The first-order valence-electron chi connectivity index (χ1n) is 8.14. The van der Waals surface area contributed by atoms with Gasteiger partial charge in [0.05, 0.1) is 11.8 Å². The average molecular weight is 316 g/mol. The molecule has 1 unspecified atom stereocenters. The number of hydrogen-bond donors (Lipinski definition) is 1. The van der Waals surface area contributed by atoms with Gasteiger partial charge in [-0.15, -0.1) is 11.3 Å². The van der Waals surface area contributed by atoms with E-state index in [1.165, 1.54) is 5.56 Å². The predicted octanol–water partition coefficient (Wildman–Crippen LogP) is 3.65. The molecule has 3 heterocycles. The Bertz CT molecular complexity index is 559. The summed E-state index contributed by atoms with van der Waals surface area (Å²) in [6, 6.07) is 8.38. The Morgan fingerprint density at radius 2 is 2.14 bits per heavy atom. The number of rotatable bonds is 5. The maximum atomic E-state index is 10.4. The number of aromatic nitrogens is 1. The second-order valence-corrected chi connectivity index (χ2v) is 7.06. The Morgan fingerprint density at radius 3 is 2.73 bits per heavy atom. The predicted molar refractivity (Wildman–Crippen MR) is 90.9 cm³/mol. The first-order valence-corrected chi connectivity index (χ1v) is 9.02. The van der Waals surface area contributed by atoms with Crippen LogP contribution in [-0.4, -0.2) is 28.1 Å². The molecule has 1 N–H and O–H groups in total. The highest BCUT2D eigenvalue weighted by atomic mass is 32.1. The first kappa shape index (κ1) is 15.7. The third-order valence-corrected chi connectivity index (χ3v) is 5.54. The van der Waals surface area contributed by atoms with E-state index in [0.29, 0.717) is 5.92 Å². The lowest BCUT2D eigenvalue weighted by molar-refractivity contribution is 0.0587. The van der Waals surface area contributed by atoms with Gasteiger partial charge in [-0.3, -0.25) is 9.88 Å². The largest absolute Gasteiger partial charge is 0.387 e. The van der Waals surface area contributed by atoms with Crippen LogP contribution < -0.4 is 0 Å². The van der Waals surface area contributed by atoms with E-state index >= 15 is 0 Å². The van der Waals surface area contributed by atoms with Crippen molar-refractivity contribution in [2.75, 3.05) is 13.1 Å².